The molecule has 0 saturated carbocycles. The van der Waals surface area contributed by atoms with Gasteiger partial charge in [0.05, 0.1) is 15.5 Å². The second-order valence-corrected chi connectivity index (χ2v) is 8.76. The van der Waals surface area contributed by atoms with Crippen LogP contribution in [0, 0.1) is 30.9 Å². The molecule has 0 aliphatic rings. The maximum absolute atomic E-state index is 12.4. The van der Waals surface area contributed by atoms with Crippen molar-refractivity contribution in [2.45, 2.75) is 30.0 Å². The lowest BCUT2D eigenvalue weighted by Gasteiger charge is -2.05. The number of hydrogen-bond donors (Lipinski definition) is 1. The molecule has 3 aromatic rings. The summed E-state index contributed by atoms with van der Waals surface area (Å²) in [5, 5.41) is 16.5. The molecule has 1 aromatic carbocycles. The number of nitrogens with zero attached hydrogens (tertiary/aromatic N) is 3. The standard InChI is InChI=1S/C16H14N4O3S3/c1-8-7-24-16(17-8)26-13-5-4-11(6-12(13)20(22)23)14(21)19-15-18-9(2)10(3)25-15/h4-7H,1-3H3,(H,18,19,21). The van der Waals surface area contributed by atoms with Crippen molar-refractivity contribution in [3.63, 3.8) is 0 Å². The second-order valence-electron chi connectivity index (χ2n) is 5.41. The summed E-state index contributed by atoms with van der Waals surface area (Å²) in [6, 6.07) is 4.43. The van der Waals surface area contributed by atoms with Crippen molar-refractivity contribution in [3.8, 4) is 0 Å². The lowest BCUT2D eigenvalue weighted by molar-refractivity contribution is -0.387. The molecule has 10 heteroatoms. The van der Waals surface area contributed by atoms with Crippen molar-refractivity contribution in [2.24, 2.45) is 0 Å². The van der Waals surface area contributed by atoms with Crippen LogP contribution in [0.1, 0.15) is 26.6 Å². The summed E-state index contributed by atoms with van der Waals surface area (Å²) in [6.45, 7) is 5.64. The van der Waals surface area contributed by atoms with Crippen LogP contribution in [0.15, 0.2) is 32.8 Å². The van der Waals surface area contributed by atoms with Gasteiger partial charge in [0.15, 0.2) is 9.47 Å². The maximum Gasteiger partial charge on any atom is 0.284 e. The summed E-state index contributed by atoms with van der Waals surface area (Å²) >= 11 is 4.01. The van der Waals surface area contributed by atoms with Gasteiger partial charge in [0.25, 0.3) is 11.6 Å². The highest BCUT2D eigenvalue weighted by atomic mass is 32.2. The molecule has 0 saturated heterocycles. The van der Waals surface area contributed by atoms with Gasteiger partial charge >= 0.3 is 0 Å². The van der Waals surface area contributed by atoms with Crippen molar-refractivity contribution < 1.29 is 9.72 Å². The molecule has 0 unspecified atom stereocenters. The van der Waals surface area contributed by atoms with Crippen LogP contribution in [0.25, 0.3) is 0 Å². The van der Waals surface area contributed by atoms with E-state index in [0.717, 1.165) is 20.6 Å². The fourth-order valence-corrected chi connectivity index (χ4v) is 4.74. The molecule has 2 aromatic heterocycles. The fraction of sp³-hybridized carbons (Fsp3) is 0.188. The van der Waals surface area contributed by atoms with Gasteiger partial charge in [-0.3, -0.25) is 20.2 Å². The van der Waals surface area contributed by atoms with Crippen LogP contribution in [-0.4, -0.2) is 20.8 Å². The van der Waals surface area contributed by atoms with Crippen molar-refractivity contribution in [1.29, 1.82) is 0 Å². The van der Waals surface area contributed by atoms with Crippen LogP contribution in [-0.2, 0) is 0 Å². The molecule has 1 amide bonds. The van der Waals surface area contributed by atoms with E-state index in [9.17, 15) is 14.9 Å². The Labute approximate surface area is 161 Å². The number of anilines is 1. The Morgan fingerprint density at radius 3 is 2.62 bits per heavy atom. The third kappa shape index (κ3) is 4.09. The normalized spacial score (nSPS) is 10.7. The van der Waals surface area contributed by atoms with Gasteiger partial charge < -0.3 is 0 Å². The number of aryl methyl sites for hydroxylation is 3. The highest BCUT2D eigenvalue weighted by molar-refractivity contribution is 8.01. The molecule has 1 N–H and O–H groups in total. The Morgan fingerprint density at radius 1 is 1.27 bits per heavy atom. The Kier molecular flexibility index (Phi) is 5.35. The van der Waals surface area contributed by atoms with E-state index in [-0.39, 0.29) is 11.3 Å². The van der Waals surface area contributed by atoms with E-state index in [2.05, 4.69) is 15.3 Å². The smallest absolute Gasteiger partial charge is 0.284 e. The summed E-state index contributed by atoms with van der Waals surface area (Å²) < 4.78 is 0.719. The van der Waals surface area contributed by atoms with Gasteiger partial charge in [-0.15, -0.1) is 22.7 Å². The number of hydrogen-bond acceptors (Lipinski definition) is 8. The third-order valence-electron chi connectivity index (χ3n) is 3.46. The van der Waals surface area contributed by atoms with Crippen molar-refractivity contribution in [1.82, 2.24) is 9.97 Å². The summed E-state index contributed by atoms with van der Waals surface area (Å²) in [7, 11) is 0. The molecule has 26 heavy (non-hydrogen) atoms. The average molecular weight is 407 g/mol. The third-order valence-corrected chi connectivity index (χ3v) is 6.57. The number of thiazole rings is 2. The van der Waals surface area contributed by atoms with Crippen LogP contribution >= 0.6 is 34.4 Å². The first-order chi connectivity index (χ1) is 12.3. The van der Waals surface area contributed by atoms with E-state index in [1.807, 2.05) is 26.2 Å². The summed E-state index contributed by atoms with van der Waals surface area (Å²) in [5.41, 5.74) is 1.80. The van der Waals surface area contributed by atoms with Crippen LogP contribution in [0.5, 0.6) is 0 Å². The highest BCUT2D eigenvalue weighted by Crippen LogP contribution is 2.37. The Hall–Kier alpha value is -2.30. The van der Waals surface area contributed by atoms with E-state index < -0.39 is 10.8 Å². The van der Waals surface area contributed by atoms with Crippen LogP contribution in [0.2, 0.25) is 0 Å². The quantitative estimate of drug-likeness (QED) is 0.481. The maximum atomic E-state index is 12.4. The van der Waals surface area contributed by atoms with Crippen molar-refractivity contribution in [3.05, 3.63) is 55.5 Å². The minimum Gasteiger partial charge on any atom is -0.298 e. The van der Waals surface area contributed by atoms with E-state index in [4.69, 9.17) is 0 Å². The van der Waals surface area contributed by atoms with Gasteiger partial charge in [0.1, 0.15) is 0 Å². The van der Waals surface area contributed by atoms with Gasteiger partial charge in [-0.25, -0.2) is 9.97 Å². The van der Waals surface area contributed by atoms with E-state index in [1.54, 1.807) is 12.1 Å². The number of carbonyl (C=O) groups is 1. The lowest BCUT2D eigenvalue weighted by Crippen LogP contribution is -2.12. The topological polar surface area (TPSA) is 98.0 Å². The number of amides is 1. The molecular formula is C16H14N4O3S3. The lowest BCUT2D eigenvalue weighted by atomic mass is 10.2. The largest absolute Gasteiger partial charge is 0.298 e. The Bertz CT molecular complexity index is 977. The van der Waals surface area contributed by atoms with Crippen molar-refractivity contribution in [2.75, 3.05) is 5.32 Å². The molecule has 0 bridgehead atoms. The van der Waals surface area contributed by atoms with Gasteiger partial charge in [0.2, 0.25) is 0 Å². The van der Waals surface area contributed by atoms with E-state index >= 15 is 0 Å². The highest BCUT2D eigenvalue weighted by Gasteiger charge is 2.20. The number of nitrogens with one attached hydrogen (secondary N) is 1. The predicted octanol–water partition coefficient (Wildman–Crippen LogP) is 4.84. The zero-order valence-electron chi connectivity index (χ0n) is 14.1. The molecule has 0 fully saturated rings. The molecule has 7 nitrogen and oxygen atoms in total. The van der Waals surface area contributed by atoms with Crippen LogP contribution < -0.4 is 5.32 Å². The van der Waals surface area contributed by atoms with Gasteiger partial charge in [-0.1, -0.05) is 11.8 Å². The van der Waals surface area contributed by atoms with Gasteiger partial charge in [-0.2, -0.15) is 0 Å². The molecule has 0 atom stereocenters. The van der Waals surface area contributed by atoms with Crippen LogP contribution in [0.3, 0.4) is 0 Å². The number of nitro groups is 1. The summed E-state index contributed by atoms with van der Waals surface area (Å²) in [6.07, 6.45) is 0. The van der Waals surface area contributed by atoms with E-state index in [1.165, 1.54) is 40.5 Å². The number of benzene rings is 1. The SMILES string of the molecule is Cc1csc(Sc2ccc(C(=O)Nc3nc(C)c(C)s3)cc2[N+](=O)[O-])n1. The molecule has 0 aliphatic carbocycles. The number of rotatable bonds is 5. The number of nitro benzene ring substituents is 1. The molecule has 0 spiro atoms. The Morgan fingerprint density at radius 2 is 2.04 bits per heavy atom. The molecule has 0 aliphatic heterocycles. The fourth-order valence-electron chi connectivity index (χ4n) is 2.06. The number of carbonyl (C=O) groups excluding carboxylic acids is 1. The molecule has 2 heterocycles. The Balaban J connectivity index is 1.85. The second kappa shape index (κ2) is 7.52. The summed E-state index contributed by atoms with van der Waals surface area (Å²) in [5.74, 6) is -0.427. The average Bonchev–Trinajstić information content (AvgIpc) is 3.12. The first-order valence-corrected chi connectivity index (χ1v) is 9.98. The van der Waals surface area contributed by atoms with E-state index in [0.29, 0.717) is 10.0 Å². The predicted molar refractivity (Wildman–Crippen MR) is 104 cm³/mol. The van der Waals surface area contributed by atoms with Crippen LogP contribution in [0.4, 0.5) is 10.8 Å². The van der Waals surface area contributed by atoms with Gasteiger partial charge in [-0.05, 0) is 32.9 Å². The monoisotopic (exact) mass is 406 g/mol. The first kappa shape index (κ1) is 18.5. The molecular weight excluding hydrogens is 392 g/mol. The zero-order chi connectivity index (χ0) is 18.8. The minimum absolute atomic E-state index is 0.123. The zero-order valence-corrected chi connectivity index (χ0v) is 16.6. The molecule has 3 rings (SSSR count). The molecule has 134 valence electrons. The molecule has 0 radical (unpaired) electrons. The first-order valence-electron chi connectivity index (χ1n) is 7.47. The summed E-state index contributed by atoms with van der Waals surface area (Å²) in [4.78, 5) is 33.4. The van der Waals surface area contributed by atoms with Crippen molar-refractivity contribution >= 4 is 51.2 Å². The van der Waals surface area contributed by atoms with Gasteiger partial charge in [0, 0.05) is 27.6 Å². The number of aromatic nitrogens is 2. The minimum atomic E-state index is -0.489.